The average molecular weight is 523 g/mol. The van der Waals surface area contributed by atoms with Crippen LogP contribution < -0.4 is 9.47 Å². The summed E-state index contributed by atoms with van der Waals surface area (Å²) in [5.74, 6) is 0.393. The Labute approximate surface area is 218 Å². The van der Waals surface area contributed by atoms with Crippen LogP contribution in [0, 0.1) is 19.7 Å². The van der Waals surface area contributed by atoms with Gasteiger partial charge in [-0.2, -0.15) is 0 Å². The Morgan fingerprint density at radius 2 is 1.70 bits per heavy atom. The maximum Gasteiger partial charge on any atom is 0.342 e. The standard InChI is InChI=1S/C27H27FN4O4S/c1-6-31-25(19-12-22(35-4)15-23(13-19)36-5)29-30-27(31)37-24(26(33)34)14-18-11-16(2)32(17(18)3)21-9-7-20(28)8-10-21/h7-15H,6H2,1-5H3,(H,33,34)/b24-14-. The number of hydrogen-bond donors (Lipinski definition) is 1. The summed E-state index contributed by atoms with van der Waals surface area (Å²) in [5, 5.41) is 19.1. The fourth-order valence-corrected chi connectivity index (χ4v) is 4.97. The maximum absolute atomic E-state index is 13.4. The van der Waals surface area contributed by atoms with Gasteiger partial charge in [-0.25, -0.2) is 9.18 Å². The van der Waals surface area contributed by atoms with Crippen LogP contribution in [0.2, 0.25) is 0 Å². The van der Waals surface area contributed by atoms with E-state index >= 15 is 0 Å². The zero-order chi connectivity index (χ0) is 26.7. The second-order valence-corrected chi connectivity index (χ2v) is 9.21. The van der Waals surface area contributed by atoms with Crippen LogP contribution in [0.4, 0.5) is 4.39 Å². The van der Waals surface area contributed by atoms with Crippen LogP contribution in [0.15, 0.2) is 58.6 Å². The van der Waals surface area contributed by atoms with Gasteiger partial charge >= 0.3 is 5.97 Å². The number of carboxylic acids is 1. The van der Waals surface area contributed by atoms with Gasteiger partial charge in [-0.15, -0.1) is 10.2 Å². The van der Waals surface area contributed by atoms with Gasteiger partial charge in [0.15, 0.2) is 11.0 Å². The average Bonchev–Trinajstić information content (AvgIpc) is 3.43. The summed E-state index contributed by atoms with van der Waals surface area (Å²) >= 11 is 1.03. The molecule has 0 aliphatic heterocycles. The molecule has 0 saturated carbocycles. The Kier molecular flexibility index (Phi) is 7.68. The molecule has 4 rings (SSSR count). The number of ether oxygens (including phenoxy) is 2. The smallest absolute Gasteiger partial charge is 0.342 e. The normalized spacial score (nSPS) is 11.6. The number of rotatable bonds is 9. The van der Waals surface area contributed by atoms with E-state index in [0.29, 0.717) is 29.0 Å². The molecule has 0 aliphatic carbocycles. The van der Waals surface area contributed by atoms with Crippen molar-refractivity contribution in [2.75, 3.05) is 14.2 Å². The summed E-state index contributed by atoms with van der Waals surface area (Å²) in [6.45, 7) is 6.28. The van der Waals surface area contributed by atoms with Crippen molar-refractivity contribution in [2.24, 2.45) is 0 Å². The van der Waals surface area contributed by atoms with Crippen molar-refractivity contribution in [2.45, 2.75) is 32.5 Å². The Balaban J connectivity index is 1.71. The lowest BCUT2D eigenvalue weighted by atomic mass is 10.2. The molecular weight excluding hydrogens is 495 g/mol. The van der Waals surface area contributed by atoms with Gasteiger partial charge in [0.25, 0.3) is 0 Å². The lowest BCUT2D eigenvalue weighted by Crippen LogP contribution is -2.03. The number of aromatic nitrogens is 4. The fourth-order valence-electron chi connectivity index (χ4n) is 4.10. The molecule has 10 heteroatoms. The van der Waals surface area contributed by atoms with E-state index in [4.69, 9.17) is 9.47 Å². The monoisotopic (exact) mass is 522 g/mol. The van der Waals surface area contributed by atoms with E-state index in [0.717, 1.165) is 40.0 Å². The van der Waals surface area contributed by atoms with E-state index in [1.807, 2.05) is 48.1 Å². The van der Waals surface area contributed by atoms with Crippen LogP contribution in [-0.2, 0) is 11.3 Å². The van der Waals surface area contributed by atoms with Gasteiger partial charge in [0.2, 0.25) is 0 Å². The number of nitrogens with zero attached hydrogens (tertiary/aromatic N) is 4. The molecule has 0 aliphatic rings. The molecule has 192 valence electrons. The number of hydrogen-bond acceptors (Lipinski definition) is 6. The van der Waals surface area contributed by atoms with Crippen molar-refractivity contribution in [3.8, 4) is 28.6 Å². The summed E-state index contributed by atoms with van der Waals surface area (Å²) in [6.07, 6.45) is 1.62. The molecule has 0 bridgehead atoms. The minimum Gasteiger partial charge on any atom is -0.497 e. The first-order valence-electron chi connectivity index (χ1n) is 11.5. The number of carboxylic acid groups (broad SMARTS) is 1. The lowest BCUT2D eigenvalue weighted by molar-refractivity contribution is -0.131. The van der Waals surface area contributed by atoms with Crippen molar-refractivity contribution in [3.05, 3.63) is 76.2 Å². The van der Waals surface area contributed by atoms with E-state index in [2.05, 4.69) is 10.2 Å². The first kappa shape index (κ1) is 26.0. The van der Waals surface area contributed by atoms with Gasteiger partial charge in [0.05, 0.1) is 14.2 Å². The predicted molar refractivity (Wildman–Crippen MR) is 141 cm³/mol. The van der Waals surface area contributed by atoms with E-state index < -0.39 is 5.97 Å². The number of thioether (sulfide) groups is 1. The largest absolute Gasteiger partial charge is 0.497 e. The number of aryl methyl sites for hydroxylation is 1. The van der Waals surface area contributed by atoms with Crippen LogP contribution >= 0.6 is 11.8 Å². The topological polar surface area (TPSA) is 91.4 Å². The molecule has 0 saturated heterocycles. The van der Waals surface area contributed by atoms with E-state index in [1.54, 1.807) is 38.5 Å². The van der Waals surface area contributed by atoms with E-state index in [-0.39, 0.29) is 10.7 Å². The highest BCUT2D eigenvalue weighted by Gasteiger charge is 2.20. The highest BCUT2D eigenvalue weighted by atomic mass is 32.2. The first-order valence-corrected chi connectivity index (χ1v) is 12.3. The summed E-state index contributed by atoms with van der Waals surface area (Å²) in [4.78, 5) is 12.3. The van der Waals surface area contributed by atoms with Crippen LogP contribution in [0.3, 0.4) is 0 Å². The summed E-state index contributed by atoms with van der Waals surface area (Å²) in [6, 6.07) is 13.5. The van der Waals surface area contributed by atoms with Crippen LogP contribution in [0.5, 0.6) is 11.5 Å². The Morgan fingerprint density at radius 1 is 1.05 bits per heavy atom. The molecule has 4 aromatic rings. The van der Waals surface area contributed by atoms with Gasteiger partial charge in [-0.3, -0.25) is 0 Å². The maximum atomic E-state index is 13.4. The molecule has 8 nitrogen and oxygen atoms in total. The second-order valence-electron chi connectivity index (χ2n) is 8.21. The van der Waals surface area contributed by atoms with Gasteiger partial charge in [-0.05, 0) is 86.6 Å². The van der Waals surface area contributed by atoms with Gasteiger partial charge < -0.3 is 23.7 Å². The molecule has 0 radical (unpaired) electrons. The zero-order valence-electron chi connectivity index (χ0n) is 21.2. The zero-order valence-corrected chi connectivity index (χ0v) is 22.0. The second kappa shape index (κ2) is 10.9. The molecule has 0 fully saturated rings. The molecule has 1 N–H and O–H groups in total. The third-order valence-electron chi connectivity index (χ3n) is 5.90. The molecule has 0 atom stereocenters. The number of benzene rings is 2. The first-order chi connectivity index (χ1) is 17.7. The highest BCUT2D eigenvalue weighted by Crippen LogP contribution is 2.34. The van der Waals surface area contributed by atoms with Crippen molar-refractivity contribution in [3.63, 3.8) is 0 Å². The summed E-state index contributed by atoms with van der Waals surface area (Å²) in [5.41, 5.74) is 4.01. The fraction of sp³-hybridized carbons (Fsp3) is 0.222. The summed E-state index contributed by atoms with van der Waals surface area (Å²) in [7, 11) is 3.14. The highest BCUT2D eigenvalue weighted by molar-refractivity contribution is 8.04. The van der Waals surface area contributed by atoms with Crippen LogP contribution in [0.1, 0.15) is 23.9 Å². The van der Waals surface area contributed by atoms with E-state index in [1.165, 1.54) is 12.1 Å². The third-order valence-corrected chi connectivity index (χ3v) is 6.89. The third kappa shape index (κ3) is 5.39. The number of aliphatic carboxylic acids is 1. The Hall–Kier alpha value is -4.05. The molecule has 0 spiro atoms. The number of halogens is 1. The van der Waals surface area contributed by atoms with Crippen molar-refractivity contribution in [1.29, 1.82) is 0 Å². The van der Waals surface area contributed by atoms with Gasteiger partial charge in [0, 0.05) is 35.2 Å². The van der Waals surface area contributed by atoms with Crippen molar-refractivity contribution < 1.29 is 23.8 Å². The summed E-state index contributed by atoms with van der Waals surface area (Å²) < 4.78 is 28.0. The Bertz CT molecular complexity index is 1450. The lowest BCUT2D eigenvalue weighted by Gasteiger charge is -2.11. The minimum absolute atomic E-state index is 0.0937. The van der Waals surface area contributed by atoms with E-state index in [9.17, 15) is 14.3 Å². The van der Waals surface area contributed by atoms with Crippen LogP contribution in [-0.4, -0.2) is 44.6 Å². The Morgan fingerprint density at radius 3 is 2.27 bits per heavy atom. The van der Waals surface area contributed by atoms with Gasteiger partial charge in [-0.1, -0.05) is 0 Å². The predicted octanol–water partition coefficient (Wildman–Crippen LogP) is 5.75. The molecule has 0 unspecified atom stereocenters. The van der Waals surface area contributed by atoms with Crippen molar-refractivity contribution >= 4 is 23.8 Å². The molecule has 2 heterocycles. The number of carbonyl (C=O) groups is 1. The van der Waals surface area contributed by atoms with Crippen molar-refractivity contribution in [1.82, 2.24) is 19.3 Å². The van der Waals surface area contributed by atoms with Crippen LogP contribution in [0.25, 0.3) is 23.2 Å². The van der Waals surface area contributed by atoms with Gasteiger partial charge in [0.1, 0.15) is 22.2 Å². The molecule has 2 aromatic heterocycles. The molecule has 2 aromatic carbocycles. The molecule has 0 amide bonds. The quantitative estimate of drug-likeness (QED) is 0.221. The number of methoxy groups -OCH3 is 2. The molecular formula is C27H27FN4O4S. The minimum atomic E-state index is -1.08. The SMILES string of the molecule is CCn1c(S/C(=C\c2cc(C)n(-c3ccc(F)cc3)c2C)C(=O)O)nnc1-c1cc(OC)cc(OC)c1. The molecule has 37 heavy (non-hydrogen) atoms.